The molecule has 1 saturated carbocycles. The second-order valence-electron chi connectivity index (χ2n) is 5.78. The van der Waals surface area contributed by atoms with Gasteiger partial charge in [0.05, 0.1) is 0 Å². The number of hydrogen-bond donors (Lipinski definition) is 1. The standard InChI is InChI=1S/C13H24OSi/c1-5-12-8-6-7-9-13(12,14)10-11-15(2,3)4/h12,14H,5-9H2,1-4H3/t12-,13+/m0/s1. The monoisotopic (exact) mass is 224 g/mol. The Balaban J connectivity index is 2.81. The van der Waals surface area contributed by atoms with Crippen LogP contribution in [0.4, 0.5) is 0 Å². The Labute approximate surface area is 95.3 Å². The number of aliphatic hydroxyl groups is 1. The maximum absolute atomic E-state index is 10.5. The molecule has 0 aliphatic heterocycles. The maximum Gasteiger partial charge on any atom is 0.129 e. The predicted molar refractivity (Wildman–Crippen MR) is 68.3 cm³/mol. The number of rotatable bonds is 1. The lowest BCUT2D eigenvalue weighted by Gasteiger charge is -2.35. The van der Waals surface area contributed by atoms with Gasteiger partial charge in [0.15, 0.2) is 0 Å². The van der Waals surface area contributed by atoms with Gasteiger partial charge in [0.25, 0.3) is 0 Å². The van der Waals surface area contributed by atoms with Crippen molar-refractivity contribution in [3.05, 3.63) is 0 Å². The van der Waals surface area contributed by atoms with Crippen LogP contribution in [0.15, 0.2) is 0 Å². The molecule has 0 aromatic heterocycles. The van der Waals surface area contributed by atoms with E-state index in [1.807, 2.05) is 0 Å². The van der Waals surface area contributed by atoms with Gasteiger partial charge in [0, 0.05) is 0 Å². The van der Waals surface area contributed by atoms with Crippen LogP contribution >= 0.6 is 0 Å². The van der Waals surface area contributed by atoms with Crippen LogP contribution in [0.3, 0.4) is 0 Å². The highest BCUT2D eigenvalue weighted by Crippen LogP contribution is 2.35. The highest BCUT2D eigenvalue weighted by Gasteiger charge is 2.36. The molecule has 15 heavy (non-hydrogen) atoms. The first-order chi connectivity index (χ1) is 6.87. The zero-order chi connectivity index (χ0) is 11.5. The Hall–Kier alpha value is -0.263. The van der Waals surface area contributed by atoms with E-state index in [9.17, 15) is 5.11 Å². The third-order valence-electron chi connectivity index (χ3n) is 3.18. The summed E-state index contributed by atoms with van der Waals surface area (Å²) in [5.74, 6) is 3.60. The quantitative estimate of drug-likeness (QED) is 0.536. The third-order valence-corrected chi connectivity index (χ3v) is 4.06. The molecular weight excluding hydrogens is 200 g/mol. The van der Waals surface area contributed by atoms with E-state index in [1.165, 1.54) is 6.42 Å². The second-order valence-corrected chi connectivity index (χ2v) is 10.5. The molecule has 0 aromatic rings. The van der Waals surface area contributed by atoms with E-state index in [4.69, 9.17) is 0 Å². The summed E-state index contributed by atoms with van der Waals surface area (Å²) >= 11 is 0. The van der Waals surface area contributed by atoms with Crippen LogP contribution in [0.2, 0.25) is 19.6 Å². The van der Waals surface area contributed by atoms with Crippen LogP contribution in [-0.2, 0) is 0 Å². The molecule has 1 N–H and O–H groups in total. The van der Waals surface area contributed by atoms with E-state index in [0.717, 1.165) is 25.7 Å². The molecule has 0 spiro atoms. The summed E-state index contributed by atoms with van der Waals surface area (Å²) in [7, 11) is -1.35. The summed E-state index contributed by atoms with van der Waals surface area (Å²) in [6, 6.07) is 0. The van der Waals surface area contributed by atoms with E-state index < -0.39 is 13.7 Å². The largest absolute Gasteiger partial charge is 0.377 e. The fourth-order valence-electron chi connectivity index (χ4n) is 2.23. The van der Waals surface area contributed by atoms with Crippen molar-refractivity contribution < 1.29 is 5.11 Å². The Morgan fingerprint density at radius 3 is 2.53 bits per heavy atom. The van der Waals surface area contributed by atoms with Crippen molar-refractivity contribution in [3.8, 4) is 11.5 Å². The van der Waals surface area contributed by atoms with Gasteiger partial charge in [-0.15, -0.1) is 5.54 Å². The van der Waals surface area contributed by atoms with Crippen molar-refractivity contribution in [2.45, 2.75) is 64.3 Å². The minimum Gasteiger partial charge on any atom is -0.377 e. The van der Waals surface area contributed by atoms with Crippen molar-refractivity contribution >= 4 is 8.07 Å². The minimum absolute atomic E-state index is 0.398. The minimum atomic E-state index is -1.35. The second kappa shape index (κ2) is 4.72. The zero-order valence-corrected chi connectivity index (χ0v) is 11.6. The van der Waals surface area contributed by atoms with Crippen molar-refractivity contribution in [1.29, 1.82) is 0 Å². The molecule has 0 unspecified atom stereocenters. The zero-order valence-electron chi connectivity index (χ0n) is 10.6. The molecule has 0 radical (unpaired) electrons. The Morgan fingerprint density at radius 1 is 1.33 bits per heavy atom. The predicted octanol–water partition coefficient (Wildman–Crippen LogP) is 3.20. The van der Waals surface area contributed by atoms with E-state index in [-0.39, 0.29) is 0 Å². The molecule has 1 aliphatic carbocycles. The molecule has 1 rings (SSSR count). The van der Waals surface area contributed by atoms with Gasteiger partial charge in [0.2, 0.25) is 0 Å². The van der Waals surface area contributed by atoms with Gasteiger partial charge < -0.3 is 5.11 Å². The summed E-state index contributed by atoms with van der Waals surface area (Å²) in [6.45, 7) is 8.85. The maximum atomic E-state index is 10.5. The van der Waals surface area contributed by atoms with Gasteiger partial charge in [0.1, 0.15) is 13.7 Å². The number of hydrogen-bond acceptors (Lipinski definition) is 1. The van der Waals surface area contributed by atoms with Crippen molar-refractivity contribution in [3.63, 3.8) is 0 Å². The summed E-state index contributed by atoms with van der Waals surface area (Å²) < 4.78 is 0. The van der Waals surface area contributed by atoms with Crippen molar-refractivity contribution in [1.82, 2.24) is 0 Å². The molecule has 0 amide bonds. The van der Waals surface area contributed by atoms with Crippen LogP contribution in [-0.4, -0.2) is 18.8 Å². The molecule has 2 heteroatoms. The fraction of sp³-hybridized carbons (Fsp3) is 0.846. The van der Waals surface area contributed by atoms with E-state index in [2.05, 4.69) is 38.0 Å². The van der Waals surface area contributed by atoms with Crippen LogP contribution in [0.25, 0.3) is 0 Å². The van der Waals surface area contributed by atoms with Gasteiger partial charge >= 0.3 is 0 Å². The summed E-state index contributed by atoms with van der Waals surface area (Å²) in [6.07, 6.45) is 5.47. The van der Waals surface area contributed by atoms with E-state index >= 15 is 0 Å². The average Bonchev–Trinajstić information content (AvgIpc) is 2.15. The molecule has 1 nitrogen and oxygen atoms in total. The lowest BCUT2D eigenvalue weighted by atomic mass is 9.75. The van der Waals surface area contributed by atoms with Crippen LogP contribution in [0.5, 0.6) is 0 Å². The molecule has 0 bridgehead atoms. The lowest BCUT2D eigenvalue weighted by molar-refractivity contribution is 0.00277. The van der Waals surface area contributed by atoms with E-state index in [1.54, 1.807) is 0 Å². The topological polar surface area (TPSA) is 20.2 Å². The molecule has 86 valence electrons. The molecule has 0 saturated heterocycles. The van der Waals surface area contributed by atoms with Gasteiger partial charge in [-0.1, -0.05) is 38.9 Å². The highest BCUT2D eigenvalue weighted by molar-refractivity contribution is 6.83. The molecule has 0 aromatic carbocycles. The van der Waals surface area contributed by atoms with E-state index in [0.29, 0.717) is 5.92 Å². The normalized spacial score (nSPS) is 31.9. The van der Waals surface area contributed by atoms with Gasteiger partial charge in [-0.05, 0) is 31.6 Å². The van der Waals surface area contributed by atoms with Gasteiger partial charge in [-0.2, -0.15) is 0 Å². The van der Waals surface area contributed by atoms with Crippen LogP contribution in [0, 0.1) is 17.4 Å². The van der Waals surface area contributed by atoms with Crippen LogP contribution in [0.1, 0.15) is 39.0 Å². The SMILES string of the molecule is CC[C@H]1CCCC[C@@]1(O)C#C[Si](C)(C)C. The molecule has 0 heterocycles. The third kappa shape index (κ3) is 3.66. The first kappa shape index (κ1) is 12.8. The molecule has 2 atom stereocenters. The highest BCUT2D eigenvalue weighted by atomic mass is 28.3. The van der Waals surface area contributed by atoms with Crippen molar-refractivity contribution in [2.75, 3.05) is 0 Å². The average molecular weight is 224 g/mol. The molecular formula is C13H24OSi. The Kier molecular flexibility index (Phi) is 4.03. The van der Waals surface area contributed by atoms with Crippen LogP contribution < -0.4 is 0 Å². The molecule has 1 aliphatic rings. The van der Waals surface area contributed by atoms with Crippen molar-refractivity contribution in [2.24, 2.45) is 5.92 Å². The summed E-state index contributed by atoms with van der Waals surface area (Å²) in [5, 5.41) is 10.5. The Morgan fingerprint density at radius 2 is 2.00 bits per heavy atom. The van der Waals surface area contributed by atoms with Gasteiger partial charge in [-0.3, -0.25) is 0 Å². The first-order valence-corrected chi connectivity index (χ1v) is 9.64. The smallest absolute Gasteiger partial charge is 0.129 e. The summed E-state index contributed by atoms with van der Waals surface area (Å²) in [4.78, 5) is 0. The summed E-state index contributed by atoms with van der Waals surface area (Å²) in [5.41, 5.74) is 2.66. The molecule has 1 fully saturated rings. The van der Waals surface area contributed by atoms with Gasteiger partial charge in [-0.25, -0.2) is 0 Å². The Bertz CT molecular complexity index is 268. The lowest BCUT2D eigenvalue weighted by Crippen LogP contribution is -2.39. The first-order valence-electron chi connectivity index (χ1n) is 6.14. The fourth-order valence-corrected chi connectivity index (χ4v) is 2.82.